The third-order valence-corrected chi connectivity index (χ3v) is 5.40. The lowest BCUT2D eigenvalue weighted by molar-refractivity contribution is -0.142. The second-order valence-corrected chi connectivity index (χ2v) is 8.79. The van der Waals surface area contributed by atoms with E-state index in [1.54, 1.807) is 0 Å². The number of rotatable bonds is 6. The van der Waals surface area contributed by atoms with E-state index in [4.69, 9.17) is 4.74 Å². The van der Waals surface area contributed by atoms with Crippen LogP contribution in [0.15, 0.2) is 4.99 Å². The predicted molar refractivity (Wildman–Crippen MR) is 97.4 cm³/mol. The Kier molecular flexibility index (Phi) is 7.49. The molecule has 2 fully saturated rings. The van der Waals surface area contributed by atoms with Gasteiger partial charge in [0.15, 0.2) is 5.96 Å². The highest BCUT2D eigenvalue weighted by Crippen LogP contribution is 2.16. The number of ether oxygens (including phenoxy) is 1. The van der Waals surface area contributed by atoms with Crippen LogP contribution in [0.2, 0.25) is 0 Å². The van der Waals surface area contributed by atoms with Crippen LogP contribution in [0.5, 0.6) is 0 Å². The summed E-state index contributed by atoms with van der Waals surface area (Å²) in [6, 6.07) is 0. The molecule has 0 aromatic rings. The quantitative estimate of drug-likeness (QED) is 0.390. The van der Waals surface area contributed by atoms with Crippen LogP contribution in [-0.4, -0.2) is 94.1 Å². The molecule has 0 radical (unpaired) electrons. The summed E-state index contributed by atoms with van der Waals surface area (Å²) in [6.45, 7) is 6.67. The fourth-order valence-corrected chi connectivity index (χ4v) is 3.71. The number of aliphatic imine (C=N–C) groups is 1. The number of hydrogen-bond acceptors (Lipinski definition) is 5. The zero-order valence-electron chi connectivity index (χ0n) is 15.2. The Morgan fingerprint density at radius 3 is 2.48 bits per heavy atom. The van der Waals surface area contributed by atoms with Crippen LogP contribution in [0.3, 0.4) is 0 Å². The number of guanidine groups is 1. The van der Waals surface area contributed by atoms with E-state index in [1.165, 1.54) is 6.26 Å². The summed E-state index contributed by atoms with van der Waals surface area (Å²) < 4.78 is 27.9. The van der Waals surface area contributed by atoms with Gasteiger partial charge < -0.3 is 19.9 Å². The fourth-order valence-electron chi connectivity index (χ4n) is 3.05. The van der Waals surface area contributed by atoms with Gasteiger partial charge in [-0.05, 0) is 26.2 Å². The smallest absolute Gasteiger partial charge is 0.251 e. The first-order valence-electron chi connectivity index (χ1n) is 9.02. The minimum atomic E-state index is -2.94. The third kappa shape index (κ3) is 6.47. The highest BCUT2D eigenvalue weighted by atomic mass is 32.2. The Bertz CT molecular complexity index is 565. The molecule has 1 N–H and O–H groups in total. The van der Waals surface area contributed by atoms with E-state index < -0.39 is 9.84 Å². The summed E-state index contributed by atoms with van der Waals surface area (Å²) in [4.78, 5) is 20.9. The molecule has 1 amide bonds. The second-order valence-electron chi connectivity index (χ2n) is 6.53. The number of carbonyl (C=O) groups excluding carboxylic acids is 1. The number of piperazine rings is 1. The van der Waals surface area contributed by atoms with Crippen LogP contribution in [0, 0.1) is 0 Å². The van der Waals surface area contributed by atoms with Crippen molar-refractivity contribution in [3.8, 4) is 0 Å². The predicted octanol–water partition coefficient (Wildman–Crippen LogP) is -0.290. The molecule has 144 valence electrons. The Morgan fingerprint density at radius 2 is 1.92 bits per heavy atom. The summed E-state index contributed by atoms with van der Waals surface area (Å²) in [7, 11) is -2.94. The largest absolute Gasteiger partial charge is 0.368 e. The summed E-state index contributed by atoms with van der Waals surface area (Å²) >= 11 is 0. The Morgan fingerprint density at radius 1 is 1.24 bits per heavy atom. The van der Waals surface area contributed by atoms with Crippen molar-refractivity contribution >= 4 is 21.7 Å². The zero-order valence-corrected chi connectivity index (χ0v) is 16.1. The van der Waals surface area contributed by atoms with Gasteiger partial charge in [0.1, 0.15) is 15.9 Å². The van der Waals surface area contributed by atoms with Crippen LogP contribution in [0.4, 0.5) is 0 Å². The van der Waals surface area contributed by atoms with Gasteiger partial charge in [0.2, 0.25) is 0 Å². The van der Waals surface area contributed by atoms with Crippen LogP contribution in [0.1, 0.15) is 26.2 Å². The SMILES string of the molecule is CCNC(=NCCCS(C)(=O)=O)N1CCN(C(=O)C2CCCO2)CC1. The van der Waals surface area contributed by atoms with Gasteiger partial charge in [0.25, 0.3) is 5.91 Å². The molecule has 0 aliphatic carbocycles. The molecule has 2 rings (SSSR count). The summed E-state index contributed by atoms with van der Waals surface area (Å²) in [6.07, 6.45) is 3.28. The number of nitrogens with zero attached hydrogens (tertiary/aromatic N) is 3. The maximum absolute atomic E-state index is 12.4. The van der Waals surface area contributed by atoms with Crippen LogP contribution in [-0.2, 0) is 19.4 Å². The van der Waals surface area contributed by atoms with Crippen molar-refractivity contribution in [3.05, 3.63) is 0 Å². The molecule has 25 heavy (non-hydrogen) atoms. The Balaban J connectivity index is 1.83. The molecule has 0 aromatic carbocycles. The molecule has 0 bridgehead atoms. The molecule has 2 aliphatic heterocycles. The van der Waals surface area contributed by atoms with Crippen molar-refractivity contribution in [3.63, 3.8) is 0 Å². The van der Waals surface area contributed by atoms with Gasteiger partial charge in [0, 0.05) is 52.1 Å². The first-order chi connectivity index (χ1) is 11.9. The van der Waals surface area contributed by atoms with Gasteiger partial charge in [0.05, 0.1) is 5.75 Å². The summed E-state index contributed by atoms with van der Waals surface area (Å²) in [5.41, 5.74) is 0. The Labute approximate surface area is 150 Å². The molecule has 0 saturated carbocycles. The lowest BCUT2D eigenvalue weighted by Crippen LogP contribution is -2.55. The van der Waals surface area contributed by atoms with Gasteiger partial charge in [-0.3, -0.25) is 9.79 Å². The van der Waals surface area contributed by atoms with Gasteiger partial charge in [-0.2, -0.15) is 0 Å². The second kappa shape index (κ2) is 9.38. The molecule has 2 aliphatic rings. The topological polar surface area (TPSA) is 91.3 Å². The van der Waals surface area contributed by atoms with Crippen molar-refractivity contribution in [1.29, 1.82) is 0 Å². The molecule has 0 aromatic heterocycles. The zero-order chi connectivity index (χ0) is 18.3. The van der Waals surface area contributed by atoms with E-state index in [0.717, 1.165) is 38.4 Å². The van der Waals surface area contributed by atoms with E-state index in [0.29, 0.717) is 32.7 Å². The molecule has 1 atom stereocenters. The van der Waals surface area contributed by atoms with Gasteiger partial charge in [-0.15, -0.1) is 0 Å². The van der Waals surface area contributed by atoms with Gasteiger partial charge in [-0.25, -0.2) is 8.42 Å². The standard InChI is InChI=1S/C16H30N4O4S/c1-3-17-16(18-7-5-13-25(2,22)23)20-10-8-19(9-11-20)15(21)14-6-4-12-24-14/h14H,3-13H2,1-2H3,(H,17,18). The number of amides is 1. The van der Waals surface area contributed by atoms with E-state index in [-0.39, 0.29) is 17.8 Å². The van der Waals surface area contributed by atoms with Crippen molar-refractivity contribution in [2.24, 2.45) is 4.99 Å². The first-order valence-corrected chi connectivity index (χ1v) is 11.1. The first kappa shape index (κ1) is 20.0. The molecular weight excluding hydrogens is 344 g/mol. The Hall–Kier alpha value is -1.35. The van der Waals surface area contributed by atoms with Crippen molar-refractivity contribution in [2.75, 3.05) is 57.9 Å². The maximum Gasteiger partial charge on any atom is 0.251 e. The molecule has 1 unspecified atom stereocenters. The van der Waals surface area contributed by atoms with Gasteiger partial charge >= 0.3 is 0 Å². The molecule has 0 spiro atoms. The number of hydrogen-bond donors (Lipinski definition) is 1. The van der Waals surface area contributed by atoms with E-state index in [2.05, 4.69) is 15.2 Å². The van der Waals surface area contributed by atoms with E-state index in [9.17, 15) is 13.2 Å². The third-order valence-electron chi connectivity index (χ3n) is 4.37. The normalized spacial score (nSPS) is 22.3. The molecule has 2 saturated heterocycles. The van der Waals surface area contributed by atoms with E-state index in [1.807, 2.05) is 11.8 Å². The number of carbonyl (C=O) groups is 1. The highest BCUT2D eigenvalue weighted by Gasteiger charge is 2.30. The minimum absolute atomic E-state index is 0.104. The maximum atomic E-state index is 12.4. The van der Waals surface area contributed by atoms with Crippen LogP contribution in [0.25, 0.3) is 0 Å². The summed E-state index contributed by atoms with van der Waals surface area (Å²) in [5, 5.41) is 3.25. The average molecular weight is 375 g/mol. The lowest BCUT2D eigenvalue weighted by atomic mass is 10.2. The molecular formula is C16H30N4O4S. The summed E-state index contributed by atoms with van der Waals surface area (Å²) in [5.74, 6) is 1.05. The van der Waals surface area contributed by atoms with Crippen molar-refractivity contribution < 1.29 is 17.9 Å². The lowest BCUT2D eigenvalue weighted by Gasteiger charge is -2.37. The van der Waals surface area contributed by atoms with Crippen LogP contribution >= 0.6 is 0 Å². The number of sulfone groups is 1. The fraction of sp³-hybridized carbons (Fsp3) is 0.875. The van der Waals surface area contributed by atoms with Gasteiger partial charge in [-0.1, -0.05) is 0 Å². The average Bonchev–Trinajstić information content (AvgIpc) is 3.11. The molecule has 2 heterocycles. The highest BCUT2D eigenvalue weighted by molar-refractivity contribution is 7.90. The number of nitrogens with one attached hydrogen (secondary N) is 1. The molecule has 8 nitrogen and oxygen atoms in total. The van der Waals surface area contributed by atoms with E-state index >= 15 is 0 Å². The van der Waals surface area contributed by atoms with Crippen LogP contribution < -0.4 is 5.32 Å². The van der Waals surface area contributed by atoms with Crippen molar-refractivity contribution in [2.45, 2.75) is 32.3 Å². The molecule has 9 heteroatoms. The monoisotopic (exact) mass is 374 g/mol. The van der Waals surface area contributed by atoms with Crippen molar-refractivity contribution in [1.82, 2.24) is 15.1 Å². The minimum Gasteiger partial charge on any atom is -0.368 e.